The Hall–Kier alpha value is -2.54. The van der Waals surface area contributed by atoms with Crippen LogP contribution in [0, 0.1) is 0 Å². The molecule has 7 heteroatoms. The maximum absolute atomic E-state index is 12.4. The van der Waals surface area contributed by atoms with Gasteiger partial charge in [-0.25, -0.2) is 0 Å². The van der Waals surface area contributed by atoms with Gasteiger partial charge in [0, 0.05) is 65.7 Å². The maximum atomic E-state index is 12.4. The first-order chi connectivity index (χ1) is 15.5. The predicted octanol–water partition coefficient (Wildman–Crippen LogP) is 3.87. The number of halogens is 1. The smallest absolute Gasteiger partial charge is 0.222 e. The number of benzene rings is 2. The van der Waals surface area contributed by atoms with Gasteiger partial charge in [0.2, 0.25) is 5.91 Å². The van der Waals surface area contributed by atoms with Gasteiger partial charge in [-0.05, 0) is 29.3 Å². The second kappa shape index (κ2) is 8.10. The highest BCUT2D eigenvalue weighted by Gasteiger charge is 2.53. The zero-order valence-electron chi connectivity index (χ0n) is 18.4. The van der Waals surface area contributed by atoms with Gasteiger partial charge in [-0.2, -0.15) is 0 Å². The summed E-state index contributed by atoms with van der Waals surface area (Å²) in [5, 5.41) is 12.3. The van der Waals surface area contributed by atoms with Crippen molar-refractivity contribution in [3.8, 4) is 5.75 Å². The van der Waals surface area contributed by atoms with Crippen LogP contribution in [-0.2, 0) is 16.8 Å². The topological polar surface area (TPSA) is 68.8 Å². The van der Waals surface area contributed by atoms with Crippen molar-refractivity contribution in [1.29, 1.82) is 0 Å². The Morgan fingerprint density at radius 1 is 1.25 bits per heavy atom. The zero-order chi connectivity index (χ0) is 22.5. The Labute approximate surface area is 192 Å². The summed E-state index contributed by atoms with van der Waals surface area (Å²) in [5.74, 6) is 0.968. The molecule has 0 unspecified atom stereocenters. The molecule has 0 bridgehead atoms. The normalized spacial score (nSPS) is 19.8. The summed E-state index contributed by atoms with van der Waals surface area (Å²) in [6.07, 6.45) is 0.511. The summed E-state index contributed by atoms with van der Waals surface area (Å²) in [4.78, 5) is 20.2. The molecule has 5 rings (SSSR count). The van der Waals surface area contributed by atoms with Crippen LogP contribution in [0.25, 0.3) is 10.9 Å². The van der Waals surface area contributed by atoms with Crippen LogP contribution in [0.4, 0.5) is 0 Å². The molecule has 1 amide bonds. The number of methoxy groups -OCH3 is 1. The van der Waals surface area contributed by atoms with E-state index in [0.29, 0.717) is 26.1 Å². The number of hydrogen-bond donors (Lipinski definition) is 2. The van der Waals surface area contributed by atoms with E-state index in [2.05, 4.69) is 16.0 Å². The lowest BCUT2D eigenvalue weighted by molar-refractivity contribution is -0.140. The average molecular weight is 454 g/mol. The van der Waals surface area contributed by atoms with Crippen molar-refractivity contribution in [2.75, 3.05) is 33.4 Å². The SMILES string of the molecule is CCC(=O)N1CC2(C1)CN(Cc1ccccc1Cl)[C@@H](CO)c1[nH]c3cc(OC)ccc3c12. The Kier molecular flexibility index (Phi) is 5.40. The number of aromatic nitrogens is 1. The van der Waals surface area contributed by atoms with Gasteiger partial charge in [0.25, 0.3) is 0 Å². The molecule has 3 heterocycles. The van der Waals surface area contributed by atoms with Crippen LogP contribution >= 0.6 is 11.6 Å². The third kappa shape index (κ3) is 3.29. The molecule has 0 aliphatic carbocycles. The van der Waals surface area contributed by atoms with E-state index in [1.54, 1.807) is 7.11 Å². The predicted molar refractivity (Wildman–Crippen MR) is 125 cm³/mol. The van der Waals surface area contributed by atoms with Crippen molar-refractivity contribution in [2.45, 2.75) is 31.3 Å². The molecule has 0 radical (unpaired) electrons. The van der Waals surface area contributed by atoms with E-state index in [1.165, 1.54) is 5.56 Å². The molecule has 0 saturated carbocycles. The molecule has 2 aliphatic heterocycles. The number of carbonyl (C=O) groups is 1. The van der Waals surface area contributed by atoms with Crippen molar-refractivity contribution < 1.29 is 14.6 Å². The summed E-state index contributed by atoms with van der Waals surface area (Å²) in [6, 6.07) is 13.7. The fourth-order valence-electron chi connectivity index (χ4n) is 5.47. The summed E-state index contributed by atoms with van der Waals surface area (Å²) in [7, 11) is 1.66. The maximum Gasteiger partial charge on any atom is 0.222 e. The number of aromatic amines is 1. The van der Waals surface area contributed by atoms with Crippen molar-refractivity contribution >= 4 is 28.4 Å². The summed E-state index contributed by atoms with van der Waals surface area (Å²) in [6.45, 7) is 4.65. The number of fused-ring (bicyclic) bond motifs is 4. The number of likely N-dealkylation sites (tertiary alicyclic amines) is 1. The minimum atomic E-state index is -0.181. The standard InChI is InChI=1S/C25H28ClN3O3/c1-3-22(31)29-14-25(15-29)13-28(11-16-6-4-5-7-19(16)26)21(12-30)24-23(25)18-9-8-17(32-2)10-20(18)27-24/h4-10,21,27,30H,3,11-15H2,1-2H3/t21-/m0/s1. The molecular weight excluding hydrogens is 426 g/mol. The van der Waals surface area contributed by atoms with Gasteiger partial charge in [-0.3, -0.25) is 9.69 Å². The monoisotopic (exact) mass is 453 g/mol. The van der Waals surface area contributed by atoms with E-state index in [0.717, 1.165) is 39.5 Å². The van der Waals surface area contributed by atoms with Crippen molar-refractivity contribution in [3.05, 3.63) is 64.3 Å². The molecule has 168 valence electrons. The molecule has 1 saturated heterocycles. The number of amides is 1. The quantitative estimate of drug-likeness (QED) is 0.615. The van der Waals surface area contributed by atoms with Crippen LogP contribution in [0.5, 0.6) is 5.75 Å². The number of rotatable bonds is 5. The number of H-pyrrole nitrogens is 1. The van der Waals surface area contributed by atoms with Gasteiger partial charge in [-0.1, -0.05) is 36.7 Å². The first-order valence-electron chi connectivity index (χ1n) is 11.1. The van der Waals surface area contributed by atoms with Crippen LogP contribution < -0.4 is 4.74 Å². The fraction of sp³-hybridized carbons (Fsp3) is 0.400. The number of nitrogens with zero attached hydrogens (tertiary/aromatic N) is 2. The van der Waals surface area contributed by atoms with Crippen molar-refractivity contribution in [1.82, 2.24) is 14.8 Å². The van der Waals surface area contributed by atoms with Gasteiger partial charge >= 0.3 is 0 Å². The Morgan fingerprint density at radius 3 is 2.72 bits per heavy atom. The number of carbonyl (C=O) groups excluding carboxylic acids is 1. The molecule has 2 N–H and O–H groups in total. The number of nitrogens with one attached hydrogen (secondary N) is 1. The van der Waals surface area contributed by atoms with E-state index >= 15 is 0 Å². The highest BCUT2D eigenvalue weighted by Crippen LogP contribution is 2.49. The van der Waals surface area contributed by atoms with Gasteiger partial charge in [0.1, 0.15) is 5.75 Å². The zero-order valence-corrected chi connectivity index (χ0v) is 19.2. The molecule has 6 nitrogen and oxygen atoms in total. The second-order valence-corrected chi connectivity index (χ2v) is 9.31. The number of ether oxygens (including phenoxy) is 1. The van der Waals surface area contributed by atoms with Gasteiger partial charge in [-0.15, -0.1) is 0 Å². The molecule has 1 spiro atoms. The fourth-order valence-corrected chi connectivity index (χ4v) is 5.66. The molecule has 32 heavy (non-hydrogen) atoms. The van der Waals surface area contributed by atoms with Crippen LogP contribution in [0.15, 0.2) is 42.5 Å². The van der Waals surface area contributed by atoms with Crippen molar-refractivity contribution in [3.63, 3.8) is 0 Å². The second-order valence-electron chi connectivity index (χ2n) is 8.90. The van der Waals surface area contributed by atoms with Gasteiger partial charge in [0.05, 0.1) is 19.8 Å². The highest BCUT2D eigenvalue weighted by molar-refractivity contribution is 6.31. The van der Waals surface area contributed by atoms with E-state index < -0.39 is 0 Å². The number of aliphatic hydroxyl groups excluding tert-OH is 1. The molecule has 2 aromatic carbocycles. The summed E-state index contributed by atoms with van der Waals surface area (Å²) in [5.41, 5.74) is 4.10. The Morgan fingerprint density at radius 2 is 2.03 bits per heavy atom. The van der Waals surface area contributed by atoms with E-state index in [9.17, 15) is 9.90 Å². The van der Waals surface area contributed by atoms with E-state index in [-0.39, 0.29) is 24.0 Å². The van der Waals surface area contributed by atoms with Crippen LogP contribution in [0.1, 0.15) is 36.2 Å². The summed E-state index contributed by atoms with van der Waals surface area (Å²) >= 11 is 6.47. The molecule has 2 aliphatic rings. The third-order valence-electron chi connectivity index (χ3n) is 6.99. The lowest BCUT2D eigenvalue weighted by Gasteiger charge is -2.56. The third-order valence-corrected chi connectivity index (χ3v) is 7.36. The van der Waals surface area contributed by atoms with Crippen LogP contribution in [0.3, 0.4) is 0 Å². The minimum absolute atomic E-state index is 0.00487. The largest absolute Gasteiger partial charge is 0.497 e. The first-order valence-corrected chi connectivity index (χ1v) is 11.4. The van der Waals surface area contributed by atoms with E-state index in [4.69, 9.17) is 16.3 Å². The molecular formula is C25H28ClN3O3. The Bertz CT molecular complexity index is 1170. The molecule has 1 fully saturated rings. The van der Waals surface area contributed by atoms with Crippen LogP contribution in [-0.4, -0.2) is 59.1 Å². The first kappa shape index (κ1) is 21.3. The average Bonchev–Trinajstić information content (AvgIpc) is 3.16. The summed E-state index contributed by atoms with van der Waals surface area (Å²) < 4.78 is 5.43. The molecule has 1 atom stereocenters. The lowest BCUT2D eigenvalue weighted by atomic mass is 9.68. The van der Waals surface area contributed by atoms with Crippen LogP contribution in [0.2, 0.25) is 5.02 Å². The lowest BCUT2D eigenvalue weighted by Crippen LogP contribution is -2.67. The van der Waals surface area contributed by atoms with Gasteiger partial charge in [0.15, 0.2) is 0 Å². The van der Waals surface area contributed by atoms with Crippen molar-refractivity contribution in [2.24, 2.45) is 0 Å². The molecule has 3 aromatic rings. The minimum Gasteiger partial charge on any atom is -0.497 e. The van der Waals surface area contributed by atoms with Gasteiger partial charge < -0.3 is 19.7 Å². The number of aliphatic hydroxyl groups is 1. The van der Waals surface area contributed by atoms with E-state index in [1.807, 2.05) is 48.2 Å². The highest BCUT2D eigenvalue weighted by atomic mass is 35.5. The Balaban J connectivity index is 1.61. The molecule has 1 aromatic heterocycles. The number of hydrogen-bond acceptors (Lipinski definition) is 4.